The third-order valence-corrected chi connectivity index (χ3v) is 4.67. The van der Waals surface area contributed by atoms with Gasteiger partial charge in [0.25, 0.3) is 0 Å². The molecule has 1 aliphatic rings. The Morgan fingerprint density at radius 3 is 2.84 bits per heavy atom. The first kappa shape index (κ1) is 19.8. The number of rotatable bonds is 9. The summed E-state index contributed by atoms with van der Waals surface area (Å²) in [6, 6.07) is 10.4. The van der Waals surface area contributed by atoms with Crippen LogP contribution in [0.4, 0.5) is 0 Å². The van der Waals surface area contributed by atoms with Crippen LogP contribution in [0.1, 0.15) is 25.3 Å². The molecule has 0 saturated carbocycles. The van der Waals surface area contributed by atoms with E-state index in [-0.39, 0.29) is 30.6 Å². The van der Waals surface area contributed by atoms with Crippen LogP contribution >= 0.6 is 0 Å². The van der Waals surface area contributed by atoms with Crippen molar-refractivity contribution in [2.45, 2.75) is 44.6 Å². The van der Waals surface area contributed by atoms with Gasteiger partial charge in [-0.1, -0.05) is 37.3 Å². The molecule has 3 N–H and O–H groups in total. The molecule has 1 aliphatic heterocycles. The van der Waals surface area contributed by atoms with Gasteiger partial charge in [0.1, 0.15) is 0 Å². The number of nitrogens with zero attached hydrogens (tertiary/aromatic N) is 1. The molecule has 3 unspecified atom stereocenters. The molecule has 6 nitrogen and oxygen atoms in total. The fourth-order valence-corrected chi connectivity index (χ4v) is 3.15. The molecule has 0 aliphatic carbocycles. The van der Waals surface area contributed by atoms with Gasteiger partial charge in [-0.3, -0.25) is 9.69 Å². The quantitative estimate of drug-likeness (QED) is 0.699. The zero-order valence-electron chi connectivity index (χ0n) is 15.3. The molecular weight excluding hydrogens is 318 g/mol. The standard InChI is InChI=1S/C19H31N3O3/c1-3-17(21-19(23)11-16(12-20)24-2)18-14-22(9-10-25-18)13-15-7-5-4-6-8-15/h4-8,16-18H,3,9-14,20H2,1-2H3,(H,21,23). The summed E-state index contributed by atoms with van der Waals surface area (Å²) in [4.78, 5) is 14.6. The average molecular weight is 349 g/mol. The second-order valence-electron chi connectivity index (χ2n) is 6.51. The van der Waals surface area contributed by atoms with Gasteiger partial charge in [0.05, 0.1) is 31.3 Å². The Kier molecular flexibility index (Phi) is 8.34. The van der Waals surface area contributed by atoms with E-state index in [9.17, 15) is 4.79 Å². The third kappa shape index (κ3) is 6.40. The van der Waals surface area contributed by atoms with Gasteiger partial charge in [0.2, 0.25) is 5.91 Å². The van der Waals surface area contributed by atoms with Gasteiger partial charge in [0, 0.05) is 33.3 Å². The minimum absolute atomic E-state index is 0.00125. The predicted molar refractivity (Wildman–Crippen MR) is 98.1 cm³/mol. The summed E-state index contributed by atoms with van der Waals surface area (Å²) in [5, 5.41) is 3.09. The highest BCUT2D eigenvalue weighted by molar-refractivity contribution is 5.76. The van der Waals surface area contributed by atoms with Gasteiger partial charge in [0.15, 0.2) is 0 Å². The molecule has 1 amide bonds. The van der Waals surface area contributed by atoms with Gasteiger partial charge in [-0.25, -0.2) is 0 Å². The minimum atomic E-state index is -0.237. The Morgan fingerprint density at radius 1 is 1.44 bits per heavy atom. The first-order valence-corrected chi connectivity index (χ1v) is 9.06. The van der Waals surface area contributed by atoms with E-state index in [1.807, 2.05) is 6.07 Å². The molecule has 0 aromatic heterocycles. The summed E-state index contributed by atoms with van der Waals surface area (Å²) < 4.78 is 11.1. The Hall–Kier alpha value is -1.47. The average Bonchev–Trinajstić information content (AvgIpc) is 2.65. The van der Waals surface area contributed by atoms with Crippen molar-refractivity contribution >= 4 is 5.91 Å². The van der Waals surface area contributed by atoms with E-state index in [1.165, 1.54) is 5.56 Å². The van der Waals surface area contributed by atoms with Crippen LogP contribution in [0, 0.1) is 0 Å². The molecule has 0 bridgehead atoms. The number of morpholine rings is 1. The largest absolute Gasteiger partial charge is 0.380 e. The lowest BCUT2D eigenvalue weighted by Gasteiger charge is -2.37. The van der Waals surface area contributed by atoms with Gasteiger partial charge in [-0.2, -0.15) is 0 Å². The highest BCUT2D eigenvalue weighted by Gasteiger charge is 2.28. The second-order valence-corrected chi connectivity index (χ2v) is 6.51. The van der Waals surface area contributed by atoms with E-state index >= 15 is 0 Å². The van der Waals surface area contributed by atoms with Gasteiger partial charge in [-0.05, 0) is 12.0 Å². The molecule has 1 aromatic rings. The highest BCUT2D eigenvalue weighted by atomic mass is 16.5. The van der Waals surface area contributed by atoms with E-state index in [0.717, 1.165) is 26.1 Å². The summed E-state index contributed by atoms with van der Waals surface area (Å²) in [6.45, 7) is 5.73. The summed E-state index contributed by atoms with van der Waals surface area (Å²) in [5.74, 6) is -0.0343. The maximum absolute atomic E-state index is 12.2. The van der Waals surface area contributed by atoms with Crippen molar-refractivity contribution in [3.8, 4) is 0 Å². The van der Waals surface area contributed by atoms with Crippen molar-refractivity contribution in [3.63, 3.8) is 0 Å². The summed E-state index contributed by atoms with van der Waals surface area (Å²) >= 11 is 0. The number of nitrogens with two attached hydrogens (primary N) is 1. The van der Waals surface area contributed by atoms with Crippen molar-refractivity contribution in [3.05, 3.63) is 35.9 Å². The van der Waals surface area contributed by atoms with Crippen molar-refractivity contribution in [1.82, 2.24) is 10.2 Å². The lowest BCUT2D eigenvalue weighted by Crippen LogP contribution is -2.53. The van der Waals surface area contributed by atoms with Crippen molar-refractivity contribution < 1.29 is 14.3 Å². The Balaban J connectivity index is 1.87. The first-order chi connectivity index (χ1) is 12.2. The molecule has 2 rings (SSSR count). The number of methoxy groups -OCH3 is 1. The van der Waals surface area contributed by atoms with Gasteiger partial charge in [-0.15, -0.1) is 0 Å². The van der Waals surface area contributed by atoms with Gasteiger partial charge >= 0.3 is 0 Å². The van der Waals surface area contributed by atoms with E-state index in [1.54, 1.807) is 7.11 Å². The van der Waals surface area contributed by atoms with E-state index < -0.39 is 0 Å². The van der Waals surface area contributed by atoms with Crippen LogP contribution in [0.15, 0.2) is 30.3 Å². The topological polar surface area (TPSA) is 76.8 Å². The molecule has 6 heteroatoms. The fraction of sp³-hybridized carbons (Fsp3) is 0.632. The van der Waals surface area contributed by atoms with Crippen LogP contribution in [-0.4, -0.2) is 62.4 Å². The fourth-order valence-electron chi connectivity index (χ4n) is 3.15. The molecule has 1 heterocycles. The van der Waals surface area contributed by atoms with Crippen LogP contribution in [0.25, 0.3) is 0 Å². The highest BCUT2D eigenvalue weighted by Crippen LogP contribution is 2.15. The lowest BCUT2D eigenvalue weighted by atomic mass is 10.1. The smallest absolute Gasteiger partial charge is 0.222 e. The number of nitrogens with one attached hydrogen (secondary N) is 1. The molecule has 140 valence electrons. The van der Waals surface area contributed by atoms with Crippen LogP contribution in [-0.2, 0) is 20.8 Å². The van der Waals surface area contributed by atoms with Crippen molar-refractivity contribution in [2.24, 2.45) is 5.73 Å². The minimum Gasteiger partial charge on any atom is -0.380 e. The number of hydrogen-bond donors (Lipinski definition) is 2. The number of carbonyl (C=O) groups excluding carboxylic acids is 1. The summed E-state index contributed by atoms with van der Waals surface area (Å²) in [5.41, 5.74) is 6.89. The van der Waals surface area contributed by atoms with Crippen LogP contribution in [0.2, 0.25) is 0 Å². The predicted octanol–water partition coefficient (Wildman–Crippen LogP) is 1.15. The maximum atomic E-state index is 12.2. The van der Waals surface area contributed by atoms with Crippen molar-refractivity contribution in [2.75, 3.05) is 33.4 Å². The van der Waals surface area contributed by atoms with Crippen LogP contribution in [0.5, 0.6) is 0 Å². The van der Waals surface area contributed by atoms with Crippen LogP contribution < -0.4 is 11.1 Å². The zero-order chi connectivity index (χ0) is 18.1. The molecule has 1 fully saturated rings. The van der Waals surface area contributed by atoms with E-state index in [2.05, 4.69) is 41.4 Å². The molecule has 1 saturated heterocycles. The molecule has 25 heavy (non-hydrogen) atoms. The van der Waals surface area contributed by atoms with Crippen LogP contribution in [0.3, 0.4) is 0 Å². The molecule has 0 spiro atoms. The molecule has 1 aromatic carbocycles. The zero-order valence-corrected chi connectivity index (χ0v) is 15.3. The number of amides is 1. The first-order valence-electron chi connectivity index (χ1n) is 9.06. The molecule has 0 radical (unpaired) electrons. The monoisotopic (exact) mass is 349 g/mol. The number of benzene rings is 1. The normalized spacial score (nSPS) is 20.8. The molecular formula is C19H31N3O3. The lowest BCUT2D eigenvalue weighted by molar-refractivity contribution is -0.126. The Labute approximate surface area is 150 Å². The van der Waals surface area contributed by atoms with Gasteiger partial charge < -0.3 is 20.5 Å². The summed E-state index contributed by atoms with van der Waals surface area (Å²) in [6.07, 6.45) is 0.879. The number of hydrogen-bond acceptors (Lipinski definition) is 5. The SMILES string of the molecule is CCC(NC(=O)CC(CN)OC)C1CN(Cc2ccccc2)CCO1. The van der Waals surface area contributed by atoms with E-state index in [0.29, 0.717) is 13.2 Å². The van der Waals surface area contributed by atoms with Crippen molar-refractivity contribution in [1.29, 1.82) is 0 Å². The number of ether oxygens (including phenoxy) is 2. The third-order valence-electron chi connectivity index (χ3n) is 4.67. The number of carbonyl (C=O) groups is 1. The Morgan fingerprint density at radius 2 is 2.20 bits per heavy atom. The molecule has 3 atom stereocenters. The maximum Gasteiger partial charge on any atom is 0.222 e. The Bertz CT molecular complexity index is 508. The summed E-state index contributed by atoms with van der Waals surface area (Å²) in [7, 11) is 1.58. The second kappa shape index (κ2) is 10.5. The van der Waals surface area contributed by atoms with E-state index in [4.69, 9.17) is 15.2 Å².